The highest BCUT2D eigenvalue weighted by atomic mass is 16.6. The monoisotopic (exact) mass is 222 g/mol. The molecule has 1 aromatic rings. The highest BCUT2D eigenvalue weighted by molar-refractivity contribution is 5.98. The van der Waals surface area contributed by atoms with Crippen LogP contribution in [0.4, 0.5) is 5.69 Å². The Morgan fingerprint density at radius 1 is 1.50 bits per heavy atom. The number of hydrogen-bond acceptors (Lipinski definition) is 5. The summed E-state index contributed by atoms with van der Waals surface area (Å²) < 4.78 is 5.11. The third-order valence-electron chi connectivity index (χ3n) is 1.74. The fourth-order valence-electron chi connectivity index (χ4n) is 1.08. The molecule has 0 aliphatic heterocycles. The summed E-state index contributed by atoms with van der Waals surface area (Å²) in [5.41, 5.74) is 5.25. The minimum Gasteiger partial charge on any atom is -0.455 e. The van der Waals surface area contributed by atoms with Crippen LogP contribution in [0.1, 0.15) is 41.6 Å². The van der Waals surface area contributed by atoms with Crippen LogP contribution in [0.2, 0.25) is 0 Å². The summed E-state index contributed by atoms with van der Waals surface area (Å²) in [5.74, 6) is -0.631. The van der Waals surface area contributed by atoms with Gasteiger partial charge in [-0.2, -0.15) is 0 Å². The first kappa shape index (κ1) is 12.2. The van der Waals surface area contributed by atoms with Gasteiger partial charge in [-0.15, -0.1) is 0 Å². The van der Waals surface area contributed by atoms with Crippen molar-refractivity contribution in [1.82, 2.24) is 4.98 Å². The minimum absolute atomic E-state index is 0.0282. The first-order valence-corrected chi connectivity index (χ1v) is 4.78. The molecule has 1 aromatic heterocycles. The maximum atomic E-state index is 11.7. The van der Waals surface area contributed by atoms with Crippen LogP contribution in [0.15, 0.2) is 12.3 Å². The lowest BCUT2D eigenvalue weighted by atomic mass is 10.1. The van der Waals surface area contributed by atoms with Crippen molar-refractivity contribution in [2.45, 2.75) is 26.4 Å². The molecule has 0 bridgehead atoms. The highest BCUT2D eigenvalue weighted by Gasteiger charge is 2.21. The minimum atomic E-state index is -0.631. The number of aldehydes is 1. The van der Waals surface area contributed by atoms with Crippen molar-refractivity contribution < 1.29 is 14.3 Å². The maximum absolute atomic E-state index is 11.7. The standard InChI is InChI=1S/C11H14N2O3/c1-11(2,3)16-10(15)9-8(12)7(6-14)4-5-13-9/h4-6H,12H2,1-3H3. The van der Waals surface area contributed by atoms with Crippen LogP contribution in [-0.2, 0) is 4.74 Å². The third-order valence-corrected chi connectivity index (χ3v) is 1.74. The lowest BCUT2D eigenvalue weighted by Gasteiger charge is -2.19. The third kappa shape index (κ3) is 2.79. The van der Waals surface area contributed by atoms with E-state index in [0.717, 1.165) is 0 Å². The topological polar surface area (TPSA) is 82.3 Å². The van der Waals surface area contributed by atoms with Gasteiger partial charge < -0.3 is 10.5 Å². The number of hydrogen-bond donors (Lipinski definition) is 1. The molecular formula is C11H14N2O3. The van der Waals surface area contributed by atoms with Gasteiger partial charge in [0.05, 0.1) is 5.69 Å². The summed E-state index contributed by atoms with van der Waals surface area (Å²) in [4.78, 5) is 26.1. The van der Waals surface area contributed by atoms with Crippen LogP contribution in [0.5, 0.6) is 0 Å². The lowest BCUT2D eigenvalue weighted by molar-refractivity contribution is 0.00642. The molecule has 0 fully saturated rings. The first-order valence-electron chi connectivity index (χ1n) is 4.78. The SMILES string of the molecule is CC(C)(C)OC(=O)c1nccc(C=O)c1N. The van der Waals surface area contributed by atoms with E-state index in [0.29, 0.717) is 6.29 Å². The number of nitrogens with two attached hydrogens (primary N) is 1. The quantitative estimate of drug-likeness (QED) is 0.604. The zero-order chi connectivity index (χ0) is 12.3. The van der Waals surface area contributed by atoms with E-state index >= 15 is 0 Å². The second-order valence-corrected chi connectivity index (χ2v) is 4.28. The van der Waals surface area contributed by atoms with Gasteiger partial charge in [-0.1, -0.05) is 0 Å². The number of carbonyl (C=O) groups excluding carboxylic acids is 2. The summed E-state index contributed by atoms with van der Waals surface area (Å²) in [6.45, 7) is 5.22. The predicted molar refractivity (Wildman–Crippen MR) is 59.2 cm³/mol. The molecule has 0 radical (unpaired) electrons. The molecule has 0 spiro atoms. The van der Waals surface area contributed by atoms with E-state index in [1.165, 1.54) is 12.3 Å². The number of ether oxygens (including phenoxy) is 1. The van der Waals surface area contributed by atoms with Gasteiger partial charge in [-0.05, 0) is 26.8 Å². The second-order valence-electron chi connectivity index (χ2n) is 4.28. The molecule has 0 amide bonds. The van der Waals surface area contributed by atoms with Gasteiger partial charge in [-0.3, -0.25) is 4.79 Å². The molecule has 0 atom stereocenters. The van der Waals surface area contributed by atoms with Crippen LogP contribution < -0.4 is 5.73 Å². The van der Waals surface area contributed by atoms with Crippen LogP contribution in [-0.4, -0.2) is 22.8 Å². The predicted octanol–water partition coefficient (Wildman–Crippen LogP) is 1.43. The molecule has 0 saturated heterocycles. The molecule has 0 saturated carbocycles. The first-order chi connectivity index (χ1) is 7.35. The van der Waals surface area contributed by atoms with Gasteiger partial charge in [0.1, 0.15) is 5.60 Å². The smallest absolute Gasteiger partial charge is 0.359 e. The van der Waals surface area contributed by atoms with E-state index in [-0.39, 0.29) is 16.9 Å². The number of nitrogens with zero attached hydrogens (tertiary/aromatic N) is 1. The normalized spacial score (nSPS) is 10.9. The molecule has 0 aromatic carbocycles. The Morgan fingerprint density at radius 2 is 2.12 bits per heavy atom. The molecule has 5 nitrogen and oxygen atoms in total. The van der Waals surface area contributed by atoms with Crippen LogP contribution in [0.3, 0.4) is 0 Å². The number of nitrogen functional groups attached to an aromatic ring is 1. The molecule has 86 valence electrons. The average molecular weight is 222 g/mol. The summed E-state index contributed by atoms with van der Waals surface area (Å²) in [6.07, 6.45) is 1.92. The molecule has 2 N–H and O–H groups in total. The Bertz CT molecular complexity index is 422. The molecule has 0 aliphatic rings. The van der Waals surface area contributed by atoms with E-state index in [1.54, 1.807) is 20.8 Å². The summed E-state index contributed by atoms with van der Waals surface area (Å²) in [7, 11) is 0. The number of pyridine rings is 1. The van der Waals surface area contributed by atoms with Crippen molar-refractivity contribution in [1.29, 1.82) is 0 Å². The maximum Gasteiger partial charge on any atom is 0.359 e. The van der Waals surface area contributed by atoms with E-state index in [1.807, 2.05) is 0 Å². The zero-order valence-corrected chi connectivity index (χ0v) is 9.48. The number of rotatable bonds is 2. The number of carbonyl (C=O) groups is 2. The summed E-state index contributed by atoms with van der Waals surface area (Å²) in [5, 5.41) is 0. The fourth-order valence-corrected chi connectivity index (χ4v) is 1.08. The Kier molecular flexibility index (Phi) is 3.27. The summed E-state index contributed by atoms with van der Waals surface area (Å²) >= 11 is 0. The van der Waals surface area contributed by atoms with Crippen molar-refractivity contribution in [2.75, 3.05) is 5.73 Å². The molecule has 0 aliphatic carbocycles. The second kappa shape index (κ2) is 4.30. The molecule has 0 unspecified atom stereocenters. The molecule has 5 heteroatoms. The Hall–Kier alpha value is -1.91. The molecule has 1 rings (SSSR count). The van der Waals surface area contributed by atoms with Crippen molar-refractivity contribution in [3.63, 3.8) is 0 Å². The number of aromatic nitrogens is 1. The highest BCUT2D eigenvalue weighted by Crippen LogP contribution is 2.17. The fraction of sp³-hybridized carbons (Fsp3) is 0.364. The van der Waals surface area contributed by atoms with Crippen LogP contribution in [0, 0.1) is 0 Å². The van der Waals surface area contributed by atoms with Crippen LogP contribution in [0.25, 0.3) is 0 Å². The average Bonchev–Trinajstić information content (AvgIpc) is 2.15. The zero-order valence-electron chi connectivity index (χ0n) is 9.48. The van der Waals surface area contributed by atoms with Gasteiger partial charge >= 0.3 is 5.97 Å². The van der Waals surface area contributed by atoms with E-state index in [2.05, 4.69) is 4.98 Å². The molecule has 16 heavy (non-hydrogen) atoms. The van der Waals surface area contributed by atoms with Gasteiger partial charge in [0.25, 0.3) is 0 Å². The van der Waals surface area contributed by atoms with Crippen molar-refractivity contribution in [3.8, 4) is 0 Å². The Morgan fingerprint density at radius 3 is 2.62 bits per heavy atom. The van der Waals surface area contributed by atoms with E-state index in [4.69, 9.17) is 10.5 Å². The van der Waals surface area contributed by atoms with Gasteiger partial charge in [0.2, 0.25) is 0 Å². The molecule has 1 heterocycles. The van der Waals surface area contributed by atoms with Gasteiger partial charge in [-0.25, -0.2) is 9.78 Å². The Balaban J connectivity index is 3.05. The Labute approximate surface area is 93.6 Å². The molecular weight excluding hydrogens is 208 g/mol. The van der Waals surface area contributed by atoms with Crippen molar-refractivity contribution in [3.05, 3.63) is 23.5 Å². The van der Waals surface area contributed by atoms with Crippen LogP contribution >= 0.6 is 0 Å². The largest absolute Gasteiger partial charge is 0.455 e. The lowest BCUT2D eigenvalue weighted by Crippen LogP contribution is -2.25. The van der Waals surface area contributed by atoms with E-state index in [9.17, 15) is 9.59 Å². The van der Waals surface area contributed by atoms with Crippen molar-refractivity contribution >= 4 is 17.9 Å². The van der Waals surface area contributed by atoms with E-state index < -0.39 is 11.6 Å². The number of anilines is 1. The van der Waals surface area contributed by atoms with Gasteiger partial charge in [0, 0.05) is 11.8 Å². The summed E-state index contributed by atoms with van der Waals surface area (Å²) in [6, 6.07) is 1.44. The van der Waals surface area contributed by atoms with Crippen molar-refractivity contribution in [2.24, 2.45) is 0 Å². The number of esters is 1. The van der Waals surface area contributed by atoms with Gasteiger partial charge in [0.15, 0.2) is 12.0 Å².